The predicted molar refractivity (Wildman–Crippen MR) is 129 cm³/mol. The number of aromatic amines is 1. The van der Waals surface area contributed by atoms with E-state index in [0.29, 0.717) is 12.1 Å². The van der Waals surface area contributed by atoms with Gasteiger partial charge in [0.1, 0.15) is 16.1 Å². The first kappa shape index (κ1) is 22.1. The lowest BCUT2D eigenvalue weighted by atomic mass is 10.1. The second-order valence-corrected chi connectivity index (χ2v) is 8.28. The summed E-state index contributed by atoms with van der Waals surface area (Å²) in [5, 5.41) is 9.53. The zero-order valence-corrected chi connectivity index (χ0v) is 18.7. The number of aliphatic carboxylic acids is 1. The van der Waals surface area contributed by atoms with Crippen molar-refractivity contribution in [2.45, 2.75) is 13.0 Å². The molecule has 0 saturated carbocycles. The van der Waals surface area contributed by atoms with Gasteiger partial charge in [-0.05, 0) is 47.9 Å². The van der Waals surface area contributed by atoms with Crippen LogP contribution in [0.25, 0.3) is 10.3 Å². The van der Waals surface area contributed by atoms with Crippen LogP contribution >= 0.6 is 11.3 Å². The van der Waals surface area contributed by atoms with E-state index >= 15 is 0 Å². The van der Waals surface area contributed by atoms with Crippen LogP contribution in [-0.2, 0) is 17.8 Å². The summed E-state index contributed by atoms with van der Waals surface area (Å²) < 4.78 is 5.24. The number of carboxylic acids is 1. The monoisotopic (exact) mass is 459 g/mol. The van der Waals surface area contributed by atoms with E-state index in [0.717, 1.165) is 39.8 Å². The van der Waals surface area contributed by atoms with E-state index in [1.807, 2.05) is 48.5 Å². The number of fused-ring (bicyclic) bond motifs is 1. The molecule has 0 aliphatic rings. The number of aromatic nitrogens is 2. The molecule has 8 heteroatoms. The Morgan fingerprint density at radius 1 is 1.09 bits per heavy atom. The summed E-state index contributed by atoms with van der Waals surface area (Å²) in [6.07, 6.45) is 0.804. The summed E-state index contributed by atoms with van der Waals surface area (Å²) in [6, 6.07) is 18.7. The number of hydrogen-bond donors (Lipinski definition) is 2. The first-order valence-corrected chi connectivity index (χ1v) is 11.0. The predicted octanol–water partition coefficient (Wildman–Crippen LogP) is 3.68. The number of methoxy groups -OCH3 is 1. The molecule has 4 rings (SSSR count). The van der Waals surface area contributed by atoms with Crippen LogP contribution in [-0.4, -0.2) is 34.7 Å². The lowest BCUT2D eigenvalue weighted by Crippen LogP contribution is -2.25. The largest absolute Gasteiger partial charge is 0.497 e. The Balaban J connectivity index is 1.57. The first-order valence-electron chi connectivity index (χ1n) is 10.2. The number of carboxylic acid groups (broad SMARTS) is 1. The van der Waals surface area contributed by atoms with E-state index in [9.17, 15) is 9.59 Å². The van der Waals surface area contributed by atoms with Gasteiger partial charge in [-0.1, -0.05) is 41.5 Å². The van der Waals surface area contributed by atoms with Crippen molar-refractivity contribution in [1.82, 2.24) is 9.97 Å². The third-order valence-electron chi connectivity index (χ3n) is 5.01. The van der Waals surface area contributed by atoms with Crippen LogP contribution in [0.1, 0.15) is 16.7 Å². The van der Waals surface area contributed by atoms with E-state index in [1.165, 1.54) is 23.0 Å². The number of H-pyrrole nitrogens is 1. The van der Waals surface area contributed by atoms with Gasteiger partial charge in [-0.25, -0.2) is 9.78 Å². The molecule has 0 atom stereocenters. The molecule has 0 unspecified atom stereocenters. The minimum absolute atomic E-state index is 0.152. The van der Waals surface area contributed by atoms with Crippen LogP contribution in [0.2, 0.25) is 0 Å². The molecule has 0 radical (unpaired) electrons. The Kier molecular flexibility index (Phi) is 6.72. The second kappa shape index (κ2) is 10.0. The smallest absolute Gasteiger partial charge is 0.382 e. The van der Waals surface area contributed by atoms with Gasteiger partial charge in [-0.2, -0.15) is 0 Å². The maximum Gasteiger partial charge on any atom is 0.382 e. The quantitative estimate of drug-likeness (QED) is 0.410. The maximum absolute atomic E-state index is 11.7. The summed E-state index contributed by atoms with van der Waals surface area (Å²) in [7, 11) is 1.65. The summed E-state index contributed by atoms with van der Waals surface area (Å²) in [5.41, 5.74) is 3.46. The summed E-state index contributed by atoms with van der Waals surface area (Å²) >= 11 is 1.45. The number of carbonyl (C=O) groups is 1. The van der Waals surface area contributed by atoms with Crippen molar-refractivity contribution in [3.05, 3.63) is 87.7 Å². The molecule has 4 aromatic rings. The van der Waals surface area contributed by atoms with Gasteiger partial charge >= 0.3 is 5.97 Å². The minimum atomic E-state index is -1.15. The van der Waals surface area contributed by atoms with Crippen LogP contribution in [0.4, 0.5) is 5.13 Å². The number of nitrogens with zero attached hydrogens (tertiary/aromatic N) is 2. The molecule has 2 aromatic heterocycles. The number of rotatable bonds is 7. The van der Waals surface area contributed by atoms with Crippen molar-refractivity contribution in [2.24, 2.45) is 0 Å². The van der Waals surface area contributed by atoms with Crippen molar-refractivity contribution in [3.63, 3.8) is 0 Å². The zero-order valence-electron chi connectivity index (χ0n) is 17.9. The van der Waals surface area contributed by atoms with Gasteiger partial charge in [-0.3, -0.25) is 4.79 Å². The average Bonchev–Trinajstić information content (AvgIpc) is 3.24. The number of hydrogen-bond acceptors (Lipinski definition) is 6. The summed E-state index contributed by atoms with van der Waals surface area (Å²) in [6.45, 7) is 1.32. The number of benzene rings is 2. The third-order valence-corrected chi connectivity index (χ3v) is 6.06. The van der Waals surface area contributed by atoms with Gasteiger partial charge in [0.2, 0.25) is 5.56 Å². The molecule has 2 heterocycles. The van der Waals surface area contributed by atoms with Crippen LogP contribution in [0, 0.1) is 11.8 Å². The molecule has 7 nitrogen and oxygen atoms in total. The molecule has 0 bridgehead atoms. The molecule has 0 spiro atoms. The number of thiazole rings is 1. The zero-order chi connectivity index (χ0) is 23.2. The fourth-order valence-electron chi connectivity index (χ4n) is 3.30. The summed E-state index contributed by atoms with van der Waals surface area (Å²) in [5.74, 6) is 4.40. The van der Waals surface area contributed by atoms with Gasteiger partial charge in [0, 0.05) is 30.6 Å². The molecule has 2 N–H and O–H groups in total. The minimum Gasteiger partial charge on any atom is -0.497 e. The second-order valence-electron chi connectivity index (χ2n) is 7.31. The molecule has 0 saturated heterocycles. The number of pyridine rings is 1. The molecule has 0 aliphatic heterocycles. The van der Waals surface area contributed by atoms with Crippen LogP contribution in [0.3, 0.4) is 0 Å². The summed E-state index contributed by atoms with van der Waals surface area (Å²) in [4.78, 5) is 32.8. The molecular formula is C25H21N3O4S. The molecule has 0 aliphatic carbocycles. The Labute approximate surface area is 194 Å². The molecule has 2 aromatic carbocycles. The highest BCUT2D eigenvalue weighted by Crippen LogP contribution is 2.28. The average molecular weight is 460 g/mol. The lowest BCUT2D eigenvalue weighted by molar-refractivity contribution is -0.130. The van der Waals surface area contributed by atoms with Crippen molar-refractivity contribution < 1.29 is 14.6 Å². The van der Waals surface area contributed by atoms with E-state index in [4.69, 9.17) is 14.8 Å². The fraction of sp³-hybridized carbons (Fsp3) is 0.160. The molecule has 33 heavy (non-hydrogen) atoms. The Bertz CT molecular complexity index is 1380. The standard InChI is InChI=1S/C25H21N3O4S/c1-32-20-9-6-18(7-10-20)14-15-28(25-26-21-11-12-22(29)27-24(21)33-25)16-19-4-2-17(3-5-19)8-13-23(30)31/h2-7,9-12H,14-16H2,1H3,(H,27,29)(H,30,31). The highest BCUT2D eigenvalue weighted by Gasteiger charge is 2.14. The SMILES string of the molecule is COc1ccc(CCN(Cc2ccc(C#CC(=O)O)cc2)c2nc3ccc(=O)[nH]c3s2)cc1. The van der Waals surface area contributed by atoms with Gasteiger partial charge < -0.3 is 19.7 Å². The van der Waals surface area contributed by atoms with Crippen LogP contribution < -0.4 is 15.2 Å². The topological polar surface area (TPSA) is 95.5 Å². The molecule has 166 valence electrons. The van der Waals surface area contributed by atoms with E-state index in [-0.39, 0.29) is 5.56 Å². The third kappa shape index (κ3) is 5.79. The normalized spacial score (nSPS) is 10.5. The van der Waals surface area contributed by atoms with Crippen molar-refractivity contribution in [2.75, 3.05) is 18.6 Å². The highest BCUT2D eigenvalue weighted by atomic mass is 32.1. The van der Waals surface area contributed by atoms with Gasteiger partial charge in [0.25, 0.3) is 0 Å². The fourth-order valence-corrected chi connectivity index (χ4v) is 4.29. The Morgan fingerprint density at radius 3 is 2.52 bits per heavy atom. The molecule has 0 fully saturated rings. The Morgan fingerprint density at radius 2 is 1.82 bits per heavy atom. The number of ether oxygens (including phenoxy) is 1. The van der Waals surface area contributed by atoms with E-state index in [1.54, 1.807) is 13.2 Å². The highest BCUT2D eigenvalue weighted by molar-refractivity contribution is 7.21. The molecular weight excluding hydrogens is 438 g/mol. The van der Waals surface area contributed by atoms with Crippen molar-refractivity contribution >= 4 is 32.8 Å². The number of anilines is 1. The van der Waals surface area contributed by atoms with Gasteiger partial charge in [-0.15, -0.1) is 0 Å². The Hall–Kier alpha value is -4.09. The van der Waals surface area contributed by atoms with Crippen LogP contribution in [0.5, 0.6) is 5.75 Å². The van der Waals surface area contributed by atoms with E-state index in [2.05, 4.69) is 21.7 Å². The van der Waals surface area contributed by atoms with Gasteiger partial charge in [0.15, 0.2) is 5.13 Å². The van der Waals surface area contributed by atoms with Crippen molar-refractivity contribution in [1.29, 1.82) is 0 Å². The van der Waals surface area contributed by atoms with E-state index < -0.39 is 5.97 Å². The van der Waals surface area contributed by atoms with Crippen molar-refractivity contribution in [3.8, 4) is 17.6 Å². The number of nitrogens with one attached hydrogen (secondary N) is 1. The van der Waals surface area contributed by atoms with Gasteiger partial charge in [0.05, 0.1) is 7.11 Å². The maximum atomic E-state index is 11.7. The van der Waals surface area contributed by atoms with Crippen LogP contribution in [0.15, 0.2) is 65.5 Å². The lowest BCUT2D eigenvalue weighted by Gasteiger charge is -2.22. The first-order chi connectivity index (χ1) is 16.0. The molecule has 0 amide bonds.